The number of carbonyl (C=O) groups excluding carboxylic acids is 2. The number of anilines is 1. The lowest BCUT2D eigenvalue weighted by molar-refractivity contribution is -0.148. The van der Waals surface area contributed by atoms with Crippen LogP contribution in [0.15, 0.2) is 22.7 Å². The Balaban J connectivity index is 1.42. The van der Waals surface area contributed by atoms with E-state index >= 15 is 0 Å². The van der Waals surface area contributed by atoms with Crippen LogP contribution in [0.2, 0.25) is 5.02 Å². The summed E-state index contributed by atoms with van der Waals surface area (Å²) in [7, 11) is 0. The second-order valence-electron chi connectivity index (χ2n) is 6.47. The van der Waals surface area contributed by atoms with E-state index in [0.717, 1.165) is 16.8 Å². The van der Waals surface area contributed by atoms with E-state index in [9.17, 15) is 9.59 Å². The number of benzene rings is 1. The summed E-state index contributed by atoms with van der Waals surface area (Å²) in [6.07, 6.45) is 5.40. The van der Waals surface area contributed by atoms with E-state index in [1.165, 1.54) is 19.3 Å². The number of amides is 1. The normalized spacial score (nSPS) is 25.4. The van der Waals surface area contributed by atoms with Gasteiger partial charge >= 0.3 is 5.97 Å². The van der Waals surface area contributed by atoms with Crippen LogP contribution in [0.25, 0.3) is 0 Å². The molecule has 3 unspecified atom stereocenters. The molecular weight excluding hydrogens is 382 g/mol. The van der Waals surface area contributed by atoms with Crippen LogP contribution < -0.4 is 5.32 Å². The van der Waals surface area contributed by atoms with E-state index in [2.05, 4.69) is 21.2 Å². The van der Waals surface area contributed by atoms with E-state index in [1.54, 1.807) is 18.2 Å². The number of hydrogen-bond donors (Lipinski definition) is 1. The SMILES string of the molecule is O=C(COC(=O)CC1CC2CCC1C2)Nc1ccc(Br)cc1Cl. The molecule has 2 aliphatic carbocycles. The number of carbonyl (C=O) groups is 2. The molecule has 0 heterocycles. The van der Waals surface area contributed by atoms with Crippen molar-refractivity contribution in [3.05, 3.63) is 27.7 Å². The molecule has 1 amide bonds. The second-order valence-corrected chi connectivity index (χ2v) is 7.79. The van der Waals surface area contributed by atoms with Gasteiger partial charge in [0.1, 0.15) is 0 Å². The summed E-state index contributed by atoms with van der Waals surface area (Å²) in [6.45, 7) is -0.272. The molecule has 3 rings (SSSR count). The van der Waals surface area contributed by atoms with Gasteiger partial charge < -0.3 is 10.1 Å². The summed E-state index contributed by atoms with van der Waals surface area (Å²) in [5, 5.41) is 3.08. The minimum absolute atomic E-state index is 0.272. The molecule has 2 fully saturated rings. The highest BCUT2D eigenvalue weighted by molar-refractivity contribution is 9.10. The quantitative estimate of drug-likeness (QED) is 0.745. The van der Waals surface area contributed by atoms with Crippen LogP contribution in [-0.2, 0) is 14.3 Å². The molecule has 0 saturated heterocycles. The Morgan fingerprint density at radius 2 is 2.13 bits per heavy atom. The Bertz CT molecular complexity index is 622. The highest BCUT2D eigenvalue weighted by Gasteiger charge is 2.40. The molecule has 2 saturated carbocycles. The molecule has 0 spiro atoms. The summed E-state index contributed by atoms with van der Waals surface area (Å²) in [4.78, 5) is 23.8. The van der Waals surface area contributed by atoms with Gasteiger partial charge in [0.2, 0.25) is 0 Å². The van der Waals surface area contributed by atoms with Gasteiger partial charge in [0.05, 0.1) is 10.7 Å². The Kier molecular flexibility index (Phi) is 5.27. The fourth-order valence-corrected chi connectivity index (χ4v) is 4.54. The second kappa shape index (κ2) is 7.22. The van der Waals surface area contributed by atoms with Gasteiger partial charge in [-0.15, -0.1) is 0 Å². The van der Waals surface area contributed by atoms with Crippen molar-refractivity contribution >= 4 is 45.1 Å². The number of rotatable bonds is 5. The Morgan fingerprint density at radius 3 is 2.78 bits per heavy atom. The molecule has 1 aromatic carbocycles. The third-order valence-corrected chi connectivity index (χ3v) is 5.69. The summed E-state index contributed by atoms with van der Waals surface area (Å²) in [6, 6.07) is 5.17. The smallest absolute Gasteiger partial charge is 0.306 e. The maximum absolute atomic E-state index is 11.9. The number of hydrogen-bond acceptors (Lipinski definition) is 3. The van der Waals surface area contributed by atoms with Gasteiger partial charge in [0, 0.05) is 10.9 Å². The predicted molar refractivity (Wildman–Crippen MR) is 92.3 cm³/mol. The van der Waals surface area contributed by atoms with Crippen molar-refractivity contribution in [2.45, 2.75) is 32.1 Å². The summed E-state index contributed by atoms with van der Waals surface area (Å²) < 4.78 is 5.94. The molecule has 1 N–H and O–H groups in total. The first-order chi connectivity index (χ1) is 11.0. The van der Waals surface area contributed by atoms with E-state index in [1.807, 2.05) is 0 Å². The zero-order valence-electron chi connectivity index (χ0n) is 12.7. The van der Waals surface area contributed by atoms with Gasteiger partial charge in [-0.05, 0) is 55.2 Å². The Labute approximate surface area is 149 Å². The third-order valence-electron chi connectivity index (χ3n) is 4.88. The first-order valence-electron chi connectivity index (χ1n) is 7.92. The largest absolute Gasteiger partial charge is 0.456 e. The first-order valence-corrected chi connectivity index (χ1v) is 9.09. The van der Waals surface area contributed by atoms with Crippen molar-refractivity contribution in [1.29, 1.82) is 0 Å². The fraction of sp³-hybridized carbons (Fsp3) is 0.529. The van der Waals surface area contributed by atoms with Crippen LogP contribution in [0, 0.1) is 17.8 Å². The van der Waals surface area contributed by atoms with Crippen molar-refractivity contribution < 1.29 is 14.3 Å². The van der Waals surface area contributed by atoms with Crippen LogP contribution in [0.1, 0.15) is 32.1 Å². The molecule has 2 aliphatic rings. The van der Waals surface area contributed by atoms with Crippen molar-refractivity contribution in [3.63, 3.8) is 0 Å². The van der Waals surface area contributed by atoms with Gasteiger partial charge in [-0.2, -0.15) is 0 Å². The van der Waals surface area contributed by atoms with Gasteiger partial charge in [-0.25, -0.2) is 0 Å². The van der Waals surface area contributed by atoms with Crippen molar-refractivity contribution in [1.82, 2.24) is 0 Å². The van der Waals surface area contributed by atoms with Crippen LogP contribution >= 0.6 is 27.5 Å². The monoisotopic (exact) mass is 399 g/mol. The van der Waals surface area contributed by atoms with Crippen molar-refractivity contribution in [3.8, 4) is 0 Å². The predicted octanol–water partition coefficient (Wildman–Crippen LogP) is 4.41. The summed E-state index contributed by atoms with van der Waals surface area (Å²) in [5.41, 5.74) is 0.504. The molecule has 0 aliphatic heterocycles. The van der Waals surface area contributed by atoms with Crippen molar-refractivity contribution in [2.24, 2.45) is 17.8 Å². The van der Waals surface area contributed by atoms with Gasteiger partial charge in [0.15, 0.2) is 6.61 Å². The number of fused-ring (bicyclic) bond motifs is 2. The molecule has 3 atom stereocenters. The maximum Gasteiger partial charge on any atom is 0.306 e. The molecular formula is C17H19BrClNO3. The lowest BCUT2D eigenvalue weighted by Gasteiger charge is -2.20. The number of ether oxygens (including phenoxy) is 1. The topological polar surface area (TPSA) is 55.4 Å². The van der Waals surface area contributed by atoms with E-state index in [4.69, 9.17) is 16.3 Å². The van der Waals surface area contributed by atoms with Gasteiger partial charge in [-0.1, -0.05) is 34.0 Å². The Hall–Kier alpha value is -1.07. The molecule has 23 heavy (non-hydrogen) atoms. The zero-order valence-corrected chi connectivity index (χ0v) is 15.0. The van der Waals surface area contributed by atoms with Crippen molar-refractivity contribution in [2.75, 3.05) is 11.9 Å². The minimum atomic E-state index is -0.379. The third kappa shape index (κ3) is 4.27. The minimum Gasteiger partial charge on any atom is -0.456 e. The molecule has 1 aromatic rings. The van der Waals surface area contributed by atoms with Crippen LogP contribution in [0.3, 0.4) is 0 Å². The van der Waals surface area contributed by atoms with Gasteiger partial charge in [-0.3, -0.25) is 9.59 Å². The van der Waals surface area contributed by atoms with E-state index in [0.29, 0.717) is 29.0 Å². The zero-order chi connectivity index (χ0) is 16.4. The molecule has 6 heteroatoms. The lowest BCUT2D eigenvalue weighted by Crippen LogP contribution is -2.23. The van der Waals surface area contributed by atoms with Crippen LogP contribution in [0.5, 0.6) is 0 Å². The van der Waals surface area contributed by atoms with Crippen LogP contribution in [0.4, 0.5) is 5.69 Å². The molecule has 2 bridgehead atoms. The standard InChI is InChI=1S/C17H19BrClNO3/c18-13-3-4-15(14(19)8-13)20-16(21)9-23-17(22)7-12-6-10-1-2-11(12)5-10/h3-4,8,10-12H,1-2,5-7,9H2,(H,20,21). The lowest BCUT2D eigenvalue weighted by atomic mass is 9.86. The summed E-state index contributed by atoms with van der Waals surface area (Å²) >= 11 is 9.33. The first kappa shape index (κ1) is 16.8. The number of nitrogens with one attached hydrogen (secondary N) is 1. The molecule has 124 valence electrons. The summed E-state index contributed by atoms with van der Waals surface area (Å²) in [5.74, 6) is 1.28. The average molecular weight is 401 g/mol. The van der Waals surface area contributed by atoms with Gasteiger partial charge in [0.25, 0.3) is 5.91 Å². The number of halogens is 2. The molecule has 0 aromatic heterocycles. The van der Waals surface area contributed by atoms with Crippen LogP contribution in [-0.4, -0.2) is 18.5 Å². The van der Waals surface area contributed by atoms with E-state index in [-0.39, 0.29) is 18.5 Å². The maximum atomic E-state index is 11.9. The highest BCUT2D eigenvalue weighted by Crippen LogP contribution is 2.49. The Morgan fingerprint density at radius 1 is 1.30 bits per heavy atom. The highest BCUT2D eigenvalue weighted by atomic mass is 79.9. The fourth-order valence-electron chi connectivity index (χ4n) is 3.82. The average Bonchev–Trinajstić information content (AvgIpc) is 3.11. The number of esters is 1. The molecule has 0 radical (unpaired) electrons. The van der Waals surface area contributed by atoms with E-state index < -0.39 is 0 Å². The molecule has 4 nitrogen and oxygen atoms in total.